The van der Waals surface area contributed by atoms with Crippen LogP contribution in [0.5, 0.6) is 0 Å². The van der Waals surface area contributed by atoms with Gasteiger partial charge in [-0.05, 0) is 44.8 Å². The highest BCUT2D eigenvalue weighted by molar-refractivity contribution is 7.18. The van der Waals surface area contributed by atoms with Crippen molar-refractivity contribution >= 4 is 46.1 Å². The average Bonchev–Trinajstić information content (AvgIpc) is 3.77. The van der Waals surface area contributed by atoms with Crippen LogP contribution in [0, 0.1) is 0 Å². The lowest BCUT2D eigenvalue weighted by Gasteiger charge is -2.45. The minimum Gasteiger partial charge on any atom is -0.402 e. The van der Waals surface area contributed by atoms with Crippen molar-refractivity contribution in [3.8, 4) is 0 Å². The fourth-order valence-electron chi connectivity index (χ4n) is 7.19. The molecule has 44 heavy (non-hydrogen) atoms. The summed E-state index contributed by atoms with van der Waals surface area (Å²) in [6.45, 7) is 6.73. The van der Waals surface area contributed by atoms with E-state index in [1.165, 1.54) is 21.5 Å². The van der Waals surface area contributed by atoms with Crippen LogP contribution in [0.2, 0.25) is 5.04 Å². The molecule has 0 saturated carbocycles. The first-order valence-electron chi connectivity index (χ1n) is 15.5. The second-order valence-corrected chi connectivity index (χ2v) is 18.1. The van der Waals surface area contributed by atoms with Gasteiger partial charge in [0.1, 0.15) is 18.2 Å². The average molecular weight is 622 g/mol. The normalized spacial score (nSPS) is 21.9. The number of fused-ring (bicyclic) bond motifs is 2. The number of aliphatic hydroxyl groups is 1. The van der Waals surface area contributed by atoms with Gasteiger partial charge in [0, 0.05) is 12.0 Å². The molecule has 0 radical (unpaired) electrons. The standard InChI is InChI=1S/C36H39N3O3SSi/c1-36(2,3)44(25-13-6-4-7-14-25,26-15-8-5-9-16-26)42-31-20-30(41-32(31)21-40)28-22-43-34-33(28)37-23-38-35(34)39-29-19-18-24-12-10-11-17-27(24)29/h4-17,22-23,29-32,40H,18-21H2,1-3H3,(H,37,38,39)/t29-,30+,31-,32+/m0/s1. The summed E-state index contributed by atoms with van der Waals surface area (Å²) >= 11 is 1.65. The van der Waals surface area contributed by atoms with Crippen LogP contribution in [-0.4, -0.2) is 42.2 Å². The Morgan fingerprint density at radius 2 is 1.61 bits per heavy atom. The number of aromatic nitrogens is 2. The maximum absolute atomic E-state index is 10.6. The van der Waals surface area contributed by atoms with E-state index in [0.717, 1.165) is 34.4 Å². The highest BCUT2D eigenvalue weighted by Gasteiger charge is 2.53. The van der Waals surface area contributed by atoms with Gasteiger partial charge in [0.05, 0.1) is 35.1 Å². The third-order valence-electron chi connectivity index (χ3n) is 9.30. The number of thiophene rings is 1. The lowest BCUT2D eigenvalue weighted by atomic mass is 10.1. The first-order chi connectivity index (χ1) is 21.4. The van der Waals surface area contributed by atoms with Crippen LogP contribution in [0.3, 0.4) is 0 Å². The molecule has 1 fully saturated rings. The molecule has 1 aliphatic heterocycles. The van der Waals surface area contributed by atoms with E-state index < -0.39 is 14.4 Å². The van der Waals surface area contributed by atoms with E-state index in [-0.39, 0.29) is 29.9 Å². The molecule has 6 nitrogen and oxygen atoms in total. The summed E-state index contributed by atoms with van der Waals surface area (Å²) < 4.78 is 15.1. The molecule has 1 saturated heterocycles. The van der Waals surface area contributed by atoms with Gasteiger partial charge in [0.15, 0.2) is 0 Å². The maximum atomic E-state index is 10.6. The molecule has 0 unspecified atom stereocenters. The van der Waals surface area contributed by atoms with E-state index in [9.17, 15) is 5.11 Å². The van der Waals surface area contributed by atoms with Crippen molar-refractivity contribution in [1.29, 1.82) is 0 Å². The van der Waals surface area contributed by atoms with E-state index >= 15 is 0 Å². The quantitative estimate of drug-likeness (QED) is 0.191. The summed E-state index contributed by atoms with van der Waals surface area (Å²) in [5, 5.41) is 18.7. The molecule has 2 aromatic heterocycles. The van der Waals surface area contributed by atoms with E-state index in [1.807, 2.05) is 0 Å². The van der Waals surface area contributed by atoms with E-state index in [1.54, 1.807) is 17.7 Å². The van der Waals surface area contributed by atoms with Gasteiger partial charge in [-0.15, -0.1) is 11.3 Å². The molecule has 4 atom stereocenters. The molecule has 0 bridgehead atoms. The van der Waals surface area contributed by atoms with Gasteiger partial charge >= 0.3 is 0 Å². The number of benzene rings is 3. The van der Waals surface area contributed by atoms with Gasteiger partial charge in [-0.25, -0.2) is 9.97 Å². The Bertz CT molecular complexity index is 1700. The van der Waals surface area contributed by atoms with E-state index in [0.29, 0.717) is 6.42 Å². The summed E-state index contributed by atoms with van der Waals surface area (Å²) in [5.74, 6) is 0.866. The Morgan fingerprint density at radius 1 is 0.932 bits per heavy atom. The van der Waals surface area contributed by atoms with Crippen molar-refractivity contribution in [2.24, 2.45) is 0 Å². The lowest BCUT2D eigenvalue weighted by molar-refractivity contribution is -0.0183. The number of aliphatic hydroxyl groups excluding tert-OH is 1. The number of anilines is 1. The summed E-state index contributed by atoms with van der Waals surface area (Å²) in [5.41, 5.74) is 4.70. The summed E-state index contributed by atoms with van der Waals surface area (Å²) in [6.07, 6.45) is 3.46. The van der Waals surface area contributed by atoms with Crippen molar-refractivity contribution in [3.05, 3.63) is 113 Å². The zero-order valence-electron chi connectivity index (χ0n) is 25.4. The monoisotopic (exact) mass is 621 g/mol. The zero-order valence-corrected chi connectivity index (χ0v) is 27.3. The Hall–Kier alpha value is -3.40. The second-order valence-electron chi connectivity index (χ2n) is 12.9. The van der Waals surface area contributed by atoms with Crippen LogP contribution in [-0.2, 0) is 15.6 Å². The van der Waals surface area contributed by atoms with Crippen LogP contribution in [0.4, 0.5) is 5.82 Å². The van der Waals surface area contributed by atoms with Crippen LogP contribution >= 0.6 is 11.3 Å². The summed E-state index contributed by atoms with van der Waals surface area (Å²) in [7, 11) is -2.82. The van der Waals surface area contributed by atoms with Crippen molar-refractivity contribution in [3.63, 3.8) is 0 Å². The van der Waals surface area contributed by atoms with Gasteiger partial charge in [-0.1, -0.05) is 106 Å². The Balaban J connectivity index is 1.21. The minimum atomic E-state index is -2.82. The molecule has 0 spiro atoms. The van der Waals surface area contributed by atoms with Gasteiger partial charge < -0.3 is 19.6 Å². The number of nitrogens with zero attached hydrogens (tertiary/aromatic N) is 2. The van der Waals surface area contributed by atoms with Gasteiger partial charge in [-0.3, -0.25) is 0 Å². The van der Waals surface area contributed by atoms with E-state index in [4.69, 9.17) is 14.1 Å². The number of rotatable bonds is 8. The lowest BCUT2D eigenvalue weighted by Crippen LogP contribution is -2.68. The van der Waals surface area contributed by atoms with Gasteiger partial charge in [0.2, 0.25) is 0 Å². The van der Waals surface area contributed by atoms with Gasteiger partial charge in [-0.2, -0.15) is 0 Å². The number of hydrogen-bond donors (Lipinski definition) is 2. The SMILES string of the molecule is CC(C)(C)[Si](O[C@H]1C[C@H](c2csc3c(N[C@H]4CCc5ccccc54)ncnc23)O[C@@H]1CO)(c1ccccc1)c1ccccc1. The van der Waals surface area contributed by atoms with Crippen LogP contribution in [0.1, 0.15) is 62.4 Å². The molecule has 1 aliphatic carbocycles. The molecule has 7 rings (SSSR count). The van der Waals surface area contributed by atoms with Crippen LogP contribution in [0.15, 0.2) is 96.6 Å². The highest BCUT2D eigenvalue weighted by Crippen LogP contribution is 2.45. The summed E-state index contributed by atoms with van der Waals surface area (Å²) in [6, 6.07) is 30.2. The highest BCUT2D eigenvalue weighted by atomic mass is 32.1. The number of ether oxygens (including phenoxy) is 1. The zero-order chi connectivity index (χ0) is 30.3. The molecular formula is C36H39N3O3SSi. The van der Waals surface area contributed by atoms with Gasteiger partial charge in [0.25, 0.3) is 8.32 Å². The minimum absolute atomic E-state index is 0.107. The molecule has 2 N–H and O–H groups in total. The molecule has 5 aromatic rings. The molecule has 0 amide bonds. The topological polar surface area (TPSA) is 76.5 Å². The first-order valence-corrected chi connectivity index (χ1v) is 18.3. The molecular weight excluding hydrogens is 583 g/mol. The smallest absolute Gasteiger partial charge is 0.261 e. The maximum Gasteiger partial charge on any atom is 0.261 e. The molecule has 8 heteroatoms. The third kappa shape index (κ3) is 5.08. The number of hydrogen-bond acceptors (Lipinski definition) is 7. The predicted molar refractivity (Wildman–Crippen MR) is 180 cm³/mol. The van der Waals surface area contributed by atoms with Crippen LogP contribution < -0.4 is 15.7 Å². The fraction of sp³-hybridized carbons (Fsp3) is 0.333. The Morgan fingerprint density at radius 3 is 2.30 bits per heavy atom. The molecule has 3 aromatic carbocycles. The van der Waals surface area contributed by atoms with Crippen molar-refractivity contribution in [2.75, 3.05) is 11.9 Å². The van der Waals surface area contributed by atoms with Crippen LogP contribution in [0.25, 0.3) is 10.2 Å². The Labute approximate surface area is 264 Å². The van der Waals surface area contributed by atoms with Crippen molar-refractivity contribution < 1.29 is 14.3 Å². The molecule has 3 heterocycles. The largest absolute Gasteiger partial charge is 0.402 e. The summed E-state index contributed by atoms with van der Waals surface area (Å²) in [4.78, 5) is 9.40. The van der Waals surface area contributed by atoms with Crippen molar-refractivity contribution in [1.82, 2.24) is 9.97 Å². The molecule has 2 aliphatic rings. The third-order valence-corrected chi connectivity index (χ3v) is 15.4. The van der Waals surface area contributed by atoms with E-state index in [2.05, 4.69) is 121 Å². The molecule has 226 valence electrons. The Kier molecular flexibility index (Phi) is 7.89. The first kappa shape index (κ1) is 29.3. The second kappa shape index (κ2) is 11.8. The number of aryl methyl sites for hydroxylation is 1. The van der Waals surface area contributed by atoms with Crippen molar-refractivity contribution in [2.45, 2.75) is 69.4 Å². The fourth-order valence-corrected chi connectivity index (χ4v) is 12.9. The predicted octanol–water partition coefficient (Wildman–Crippen LogP) is 6.56. The number of nitrogens with one attached hydrogen (secondary N) is 1.